The maximum Gasteiger partial charge on any atom is 0.123 e. The second-order valence-electron chi connectivity index (χ2n) is 5.47. The highest BCUT2D eigenvalue weighted by Crippen LogP contribution is 2.14. The van der Waals surface area contributed by atoms with E-state index in [0.29, 0.717) is 0 Å². The highest BCUT2D eigenvalue weighted by Gasteiger charge is 2.16. The normalized spacial score (nSPS) is 21.2. The zero-order valence-electron chi connectivity index (χ0n) is 11.4. The van der Waals surface area contributed by atoms with Gasteiger partial charge in [0.25, 0.3) is 0 Å². The van der Waals surface area contributed by atoms with Crippen LogP contribution in [0.3, 0.4) is 0 Å². The summed E-state index contributed by atoms with van der Waals surface area (Å²) in [5.74, 6) is 0.606. The van der Waals surface area contributed by atoms with E-state index >= 15 is 0 Å². The molecule has 0 spiro atoms. The molecule has 0 saturated carbocycles. The first kappa shape index (κ1) is 13.5. The van der Waals surface area contributed by atoms with E-state index in [1.54, 1.807) is 12.1 Å². The number of piperidine rings is 1. The first-order chi connectivity index (χ1) is 8.65. The number of benzene rings is 1. The Bertz CT molecular complexity index is 392. The van der Waals surface area contributed by atoms with Crippen LogP contribution in [0.1, 0.15) is 24.0 Å². The van der Waals surface area contributed by atoms with Gasteiger partial charge < -0.3 is 10.2 Å². The number of hydrogen-bond donors (Lipinski definition) is 1. The number of rotatable bonds is 4. The van der Waals surface area contributed by atoms with Crippen LogP contribution < -0.4 is 5.32 Å². The fourth-order valence-corrected chi connectivity index (χ4v) is 2.71. The predicted molar refractivity (Wildman–Crippen MR) is 73.1 cm³/mol. The number of nitrogens with zero attached hydrogens (tertiary/aromatic N) is 1. The molecule has 1 heterocycles. The molecule has 0 radical (unpaired) electrons. The van der Waals surface area contributed by atoms with Crippen LogP contribution in [0.2, 0.25) is 0 Å². The van der Waals surface area contributed by atoms with Crippen molar-refractivity contribution in [2.24, 2.45) is 5.92 Å². The van der Waals surface area contributed by atoms with Crippen molar-refractivity contribution in [3.8, 4) is 0 Å². The van der Waals surface area contributed by atoms with Crippen molar-refractivity contribution in [1.82, 2.24) is 10.2 Å². The number of halogens is 1. The van der Waals surface area contributed by atoms with Crippen molar-refractivity contribution >= 4 is 0 Å². The third-order valence-electron chi connectivity index (χ3n) is 3.78. The fraction of sp³-hybridized carbons (Fsp3) is 0.600. The molecule has 1 aliphatic rings. The molecule has 0 amide bonds. The summed E-state index contributed by atoms with van der Waals surface area (Å²) in [5, 5.41) is 3.50. The summed E-state index contributed by atoms with van der Waals surface area (Å²) in [7, 11) is 2.19. The maximum absolute atomic E-state index is 13.0. The Morgan fingerprint density at radius 1 is 1.44 bits per heavy atom. The highest BCUT2D eigenvalue weighted by atomic mass is 19.1. The average Bonchev–Trinajstić information content (AvgIpc) is 2.32. The zero-order chi connectivity index (χ0) is 13.0. The molecule has 0 aliphatic carbocycles. The van der Waals surface area contributed by atoms with E-state index < -0.39 is 0 Å². The quantitative estimate of drug-likeness (QED) is 0.883. The topological polar surface area (TPSA) is 15.3 Å². The predicted octanol–water partition coefficient (Wildman–Crippen LogP) is 2.57. The Labute approximate surface area is 109 Å². The number of likely N-dealkylation sites (tertiary alicyclic amines) is 1. The van der Waals surface area contributed by atoms with E-state index in [-0.39, 0.29) is 5.82 Å². The van der Waals surface area contributed by atoms with Crippen molar-refractivity contribution in [2.75, 3.05) is 26.7 Å². The van der Waals surface area contributed by atoms with Gasteiger partial charge in [0.05, 0.1) is 0 Å². The second-order valence-corrected chi connectivity index (χ2v) is 5.47. The minimum Gasteiger partial charge on any atom is -0.312 e. The molecule has 1 aromatic rings. The lowest BCUT2D eigenvalue weighted by Gasteiger charge is -2.29. The molecule has 1 atom stereocenters. The summed E-state index contributed by atoms with van der Waals surface area (Å²) in [6, 6.07) is 5.02. The lowest BCUT2D eigenvalue weighted by molar-refractivity contribution is 0.206. The molecule has 0 bridgehead atoms. The molecule has 2 rings (SSSR count). The summed E-state index contributed by atoms with van der Waals surface area (Å²) < 4.78 is 13.0. The molecule has 100 valence electrons. The molecular formula is C15H23FN2. The third-order valence-corrected chi connectivity index (χ3v) is 3.78. The molecule has 1 N–H and O–H groups in total. The maximum atomic E-state index is 13.0. The Morgan fingerprint density at radius 3 is 3.00 bits per heavy atom. The van der Waals surface area contributed by atoms with Crippen LogP contribution in [0.25, 0.3) is 0 Å². The molecule has 1 aromatic carbocycles. The van der Waals surface area contributed by atoms with Crippen LogP contribution in [0, 0.1) is 18.7 Å². The Balaban J connectivity index is 1.77. The largest absolute Gasteiger partial charge is 0.312 e. The van der Waals surface area contributed by atoms with E-state index in [9.17, 15) is 4.39 Å². The van der Waals surface area contributed by atoms with Crippen molar-refractivity contribution < 1.29 is 4.39 Å². The van der Waals surface area contributed by atoms with E-state index in [4.69, 9.17) is 0 Å². The lowest BCUT2D eigenvalue weighted by Crippen LogP contribution is -2.37. The van der Waals surface area contributed by atoms with Crippen molar-refractivity contribution in [3.05, 3.63) is 35.1 Å². The molecule has 18 heavy (non-hydrogen) atoms. The van der Waals surface area contributed by atoms with Gasteiger partial charge in [0.1, 0.15) is 5.82 Å². The zero-order valence-corrected chi connectivity index (χ0v) is 11.4. The van der Waals surface area contributed by atoms with Gasteiger partial charge in [-0.3, -0.25) is 0 Å². The molecule has 1 fully saturated rings. The summed E-state index contributed by atoms with van der Waals surface area (Å²) >= 11 is 0. The van der Waals surface area contributed by atoms with Crippen LogP contribution in [0.5, 0.6) is 0 Å². The van der Waals surface area contributed by atoms with E-state index in [2.05, 4.69) is 17.3 Å². The first-order valence-corrected chi connectivity index (χ1v) is 6.79. The third kappa shape index (κ3) is 3.79. The second kappa shape index (κ2) is 6.30. The molecule has 1 unspecified atom stereocenters. The summed E-state index contributed by atoms with van der Waals surface area (Å²) in [4.78, 5) is 2.40. The smallest absolute Gasteiger partial charge is 0.123 e. The minimum atomic E-state index is -0.148. The monoisotopic (exact) mass is 250 g/mol. The van der Waals surface area contributed by atoms with Gasteiger partial charge in [0.2, 0.25) is 0 Å². The van der Waals surface area contributed by atoms with Gasteiger partial charge in [-0.2, -0.15) is 0 Å². The molecule has 1 saturated heterocycles. The lowest BCUT2D eigenvalue weighted by atomic mass is 9.98. The van der Waals surface area contributed by atoms with E-state index in [1.165, 1.54) is 31.5 Å². The van der Waals surface area contributed by atoms with Crippen molar-refractivity contribution in [3.63, 3.8) is 0 Å². The summed E-state index contributed by atoms with van der Waals surface area (Å²) in [5.41, 5.74) is 2.23. The van der Waals surface area contributed by atoms with Crippen LogP contribution in [0.15, 0.2) is 18.2 Å². The van der Waals surface area contributed by atoms with Gasteiger partial charge in [-0.25, -0.2) is 4.39 Å². The molecule has 3 heteroatoms. The van der Waals surface area contributed by atoms with Gasteiger partial charge in [0, 0.05) is 13.1 Å². The van der Waals surface area contributed by atoms with Gasteiger partial charge >= 0.3 is 0 Å². The molecule has 1 aliphatic heterocycles. The Hall–Kier alpha value is -0.930. The highest BCUT2D eigenvalue weighted by molar-refractivity contribution is 5.26. The Morgan fingerprint density at radius 2 is 2.28 bits per heavy atom. The Kier molecular flexibility index (Phi) is 4.72. The van der Waals surface area contributed by atoms with Crippen molar-refractivity contribution in [1.29, 1.82) is 0 Å². The molecule has 0 aromatic heterocycles. The van der Waals surface area contributed by atoms with Crippen LogP contribution in [-0.4, -0.2) is 31.6 Å². The number of hydrogen-bond acceptors (Lipinski definition) is 2. The van der Waals surface area contributed by atoms with Crippen LogP contribution >= 0.6 is 0 Å². The summed E-state index contributed by atoms with van der Waals surface area (Å²) in [6.07, 6.45) is 2.62. The SMILES string of the molecule is Cc1cc(F)ccc1CNCC1CCCN(C)C1. The standard InChI is InChI=1S/C15H23FN2/c1-12-8-15(16)6-5-14(12)10-17-9-13-4-3-7-18(2)11-13/h5-6,8,13,17H,3-4,7,9-11H2,1-2H3. The van der Waals surface area contributed by atoms with Crippen molar-refractivity contribution in [2.45, 2.75) is 26.3 Å². The van der Waals surface area contributed by atoms with Crippen LogP contribution in [-0.2, 0) is 6.54 Å². The van der Waals surface area contributed by atoms with Gasteiger partial charge in [0.15, 0.2) is 0 Å². The van der Waals surface area contributed by atoms with E-state index in [1.807, 2.05) is 13.0 Å². The number of nitrogens with one attached hydrogen (secondary N) is 1. The van der Waals surface area contributed by atoms with Gasteiger partial charge in [-0.1, -0.05) is 6.07 Å². The minimum absolute atomic E-state index is 0.148. The summed E-state index contributed by atoms with van der Waals surface area (Å²) in [6.45, 7) is 6.28. The van der Waals surface area contributed by atoms with Gasteiger partial charge in [-0.15, -0.1) is 0 Å². The van der Waals surface area contributed by atoms with Gasteiger partial charge in [-0.05, 0) is 69.1 Å². The first-order valence-electron chi connectivity index (χ1n) is 6.79. The average molecular weight is 250 g/mol. The molecule has 2 nitrogen and oxygen atoms in total. The number of aryl methyl sites for hydroxylation is 1. The van der Waals surface area contributed by atoms with Crippen LogP contribution in [0.4, 0.5) is 4.39 Å². The fourth-order valence-electron chi connectivity index (χ4n) is 2.71. The van der Waals surface area contributed by atoms with E-state index in [0.717, 1.165) is 24.6 Å². The molecular weight excluding hydrogens is 227 g/mol.